The smallest absolute Gasteiger partial charge is 0.267 e. The monoisotopic (exact) mass is 487 g/mol. The Kier molecular flexibility index (Phi) is 6.12. The second-order valence-corrected chi connectivity index (χ2v) is 9.59. The van der Waals surface area contributed by atoms with E-state index in [-0.39, 0.29) is 17.2 Å². The molecule has 0 radical (unpaired) electrons. The first-order valence-corrected chi connectivity index (χ1v) is 12.6. The van der Waals surface area contributed by atoms with Crippen LogP contribution in [0.3, 0.4) is 0 Å². The van der Waals surface area contributed by atoms with Crippen LogP contribution in [-0.2, 0) is 4.79 Å². The molecule has 0 aliphatic rings. The number of fused-ring (bicyclic) bond motifs is 2. The molecular formula is C25H21N5O2S2. The van der Waals surface area contributed by atoms with Crippen molar-refractivity contribution in [2.45, 2.75) is 19.0 Å². The van der Waals surface area contributed by atoms with Gasteiger partial charge in [-0.05, 0) is 49.7 Å². The molecule has 0 aliphatic carbocycles. The van der Waals surface area contributed by atoms with Gasteiger partial charge in [0.15, 0.2) is 10.3 Å². The maximum absolute atomic E-state index is 13.4. The summed E-state index contributed by atoms with van der Waals surface area (Å²) in [5, 5.41) is 1.59. The molecule has 0 fully saturated rings. The minimum atomic E-state index is -0.213. The largest absolute Gasteiger partial charge is 0.288 e. The van der Waals surface area contributed by atoms with Crippen molar-refractivity contribution in [3.8, 4) is 5.82 Å². The van der Waals surface area contributed by atoms with Gasteiger partial charge in [0, 0.05) is 12.7 Å². The Balaban J connectivity index is 1.49. The second kappa shape index (κ2) is 9.36. The molecule has 0 unspecified atom stereocenters. The highest BCUT2D eigenvalue weighted by Gasteiger charge is 2.21. The molecule has 5 rings (SSSR count). The Labute approximate surface area is 204 Å². The van der Waals surface area contributed by atoms with Gasteiger partial charge in [0.2, 0.25) is 5.91 Å². The molecule has 0 spiro atoms. The molecule has 7 nitrogen and oxygen atoms in total. The van der Waals surface area contributed by atoms with Crippen LogP contribution >= 0.6 is 23.1 Å². The van der Waals surface area contributed by atoms with Crippen molar-refractivity contribution in [1.29, 1.82) is 0 Å². The van der Waals surface area contributed by atoms with Gasteiger partial charge >= 0.3 is 0 Å². The lowest BCUT2D eigenvalue weighted by molar-refractivity contribution is -0.116. The van der Waals surface area contributed by atoms with Crippen LogP contribution in [0.25, 0.3) is 26.9 Å². The number of anilines is 1. The normalized spacial score (nSPS) is 11.2. The number of pyridine rings is 1. The van der Waals surface area contributed by atoms with Crippen molar-refractivity contribution in [2.75, 3.05) is 17.2 Å². The highest BCUT2D eigenvalue weighted by Crippen LogP contribution is 2.29. The zero-order valence-electron chi connectivity index (χ0n) is 18.6. The predicted molar refractivity (Wildman–Crippen MR) is 138 cm³/mol. The third-order valence-corrected chi connectivity index (χ3v) is 7.31. The zero-order valence-corrected chi connectivity index (χ0v) is 20.3. The van der Waals surface area contributed by atoms with E-state index in [1.807, 2.05) is 56.3 Å². The van der Waals surface area contributed by atoms with E-state index in [0.29, 0.717) is 33.6 Å². The fraction of sp³-hybridized carbons (Fsp3) is 0.160. The Morgan fingerprint density at radius 1 is 1.03 bits per heavy atom. The summed E-state index contributed by atoms with van der Waals surface area (Å²) in [4.78, 5) is 42.0. The zero-order chi connectivity index (χ0) is 23.7. The number of hydrogen-bond acceptors (Lipinski definition) is 7. The van der Waals surface area contributed by atoms with Crippen molar-refractivity contribution in [2.24, 2.45) is 0 Å². The summed E-state index contributed by atoms with van der Waals surface area (Å²) in [5.74, 6) is 0.486. The number of benzene rings is 2. The molecule has 0 aliphatic heterocycles. The maximum Gasteiger partial charge on any atom is 0.267 e. The number of rotatable bonds is 6. The van der Waals surface area contributed by atoms with Crippen LogP contribution in [0.15, 0.2) is 76.8 Å². The van der Waals surface area contributed by atoms with Gasteiger partial charge < -0.3 is 0 Å². The molecule has 3 heterocycles. The van der Waals surface area contributed by atoms with E-state index in [1.165, 1.54) is 27.7 Å². The minimum Gasteiger partial charge on any atom is -0.288 e. The van der Waals surface area contributed by atoms with Crippen molar-refractivity contribution >= 4 is 55.3 Å². The summed E-state index contributed by atoms with van der Waals surface area (Å²) in [6, 6.07) is 18.7. The minimum absolute atomic E-state index is 0.0996. The summed E-state index contributed by atoms with van der Waals surface area (Å²) < 4.78 is 2.51. The van der Waals surface area contributed by atoms with Crippen LogP contribution < -0.4 is 10.5 Å². The molecule has 9 heteroatoms. The number of carbonyl (C=O) groups excluding carboxylic acids is 1. The van der Waals surface area contributed by atoms with Gasteiger partial charge in [-0.15, -0.1) is 0 Å². The lowest BCUT2D eigenvalue weighted by Crippen LogP contribution is -2.32. The average Bonchev–Trinajstić information content (AvgIpc) is 3.28. The van der Waals surface area contributed by atoms with Crippen LogP contribution in [0.2, 0.25) is 0 Å². The van der Waals surface area contributed by atoms with E-state index in [4.69, 9.17) is 4.98 Å². The summed E-state index contributed by atoms with van der Waals surface area (Å²) in [5.41, 5.74) is 2.24. The first kappa shape index (κ1) is 22.2. The number of aromatic nitrogens is 4. The molecule has 0 saturated carbocycles. The third-order valence-electron chi connectivity index (χ3n) is 5.33. The first-order chi connectivity index (χ1) is 16.5. The number of thioether (sulfide) groups is 1. The first-order valence-electron chi connectivity index (χ1n) is 10.8. The summed E-state index contributed by atoms with van der Waals surface area (Å²) in [7, 11) is 0. The molecule has 3 aromatic heterocycles. The Bertz CT molecular complexity index is 1530. The number of thiazole rings is 1. The molecule has 2 aromatic carbocycles. The average molecular weight is 488 g/mol. The van der Waals surface area contributed by atoms with E-state index in [0.717, 1.165) is 15.8 Å². The van der Waals surface area contributed by atoms with Crippen LogP contribution in [0.5, 0.6) is 0 Å². The molecule has 0 bridgehead atoms. The van der Waals surface area contributed by atoms with E-state index < -0.39 is 0 Å². The lowest BCUT2D eigenvalue weighted by Gasteiger charge is -2.18. The highest BCUT2D eigenvalue weighted by molar-refractivity contribution is 7.99. The molecule has 0 atom stereocenters. The number of carbonyl (C=O) groups is 1. The molecule has 1 amide bonds. The summed E-state index contributed by atoms with van der Waals surface area (Å²) in [6.45, 7) is 4.36. The molecule has 5 aromatic rings. The molecule has 0 N–H and O–H groups in total. The molecule has 0 saturated heterocycles. The number of aryl methyl sites for hydroxylation is 1. The second-order valence-electron chi connectivity index (χ2n) is 7.64. The van der Waals surface area contributed by atoms with Gasteiger partial charge in [-0.25, -0.2) is 19.5 Å². The van der Waals surface area contributed by atoms with Crippen LogP contribution in [0.1, 0.15) is 12.5 Å². The van der Waals surface area contributed by atoms with Crippen LogP contribution in [-0.4, -0.2) is 37.7 Å². The van der Waals surface area contributed by atoms with Crippen LogP contribution in [0.4, 0.5) is 5.13 Å². The van der Waals surface area contributed by atoms with Gasteiger partial charge in [0.05, 0.1) is 26.9 Å². The fourth-order valence-corrected chi connectivity index (χ4v) is 5.52. The Morgan fingerprint density at radius 3 is 2.53 bits per heavy atom. The summed E-state index contributed by atoms with van der Waals surface area (Å²) >= 11 is 2.72. The van der Waals surface area contributed by atoms with Gasteiger partial charge in [-0.2, -0.15) is 0 Å². The Hall–Kier alpha value is -3.56. The molecule has 170 valence electrons. The quantitative estimate of drug-likeness (QED) is 0.252. The third kappa shape index (κ3) is 4.20. The number of amides is 1. The maximum atomic E-state index is 13.4. The van der Waals surface area contributed by atoms with Crippen LogP contribution in [0, 0.1) is 6.92 Å². The van der Waals surface area contributed by atoms with E-state index >= 15 is 0 Å². The Morgan fingerprint density at radius 2 is 1.79 bits per heavy atom. The molecule has 34 heavy (non-hydrogen) atoms. The SMILES string of the molecule is CCN(C(=O)CSc1nc2ccccc2c(=O)n1-c1ccc(C)cn1)c1nc2ccccc2s1. The van der Waals surface area contributed by atoms with Gasteiger partial charge in [0.25, 0.3) is 5.56 Å². The van der Waals surface area contributed by atoms with Gasteiger partial charge in [-0.1, -0.05) is 53.4 Å². The number of nitrogens with zero attached hydrogens (tertiary/aromatic N) is 5. The molecular weight excluding hydrogens is 466 g/mol. The van der Waals surface area contributed by atoms with Crippen molar-refractivity contribution in [3.05, 3.63) is 82.8 Å². The standard InChI is InChI=1S/C25H21N5O2S2/c1-3-29(24-28-19-10-6-7-11-20(19)34-24)22(31)15-33-25-27-18-9-5-4-8-17(18)23(32)30(25)21-13-12-16(2)14-26-21/h4-14H,3,15H2,1-2H3. The van der Waals surface area contributed by atoms with E-state index in [1.54, 1.807) is 29.3 Å². The van der Waals surface area contributed by atoms with Gasteiger partial charge in [0.1, 0.15) is 5.82 Å². The summed E-state index contributed by atoms with van der Waals surface area (Å²) in [6.07, 6.45) is 1.71. The number of hydrogen-bond donors (Lipinski definition) is 0. The fourth-order valence-electron chi connectivity index (χ4n) is 3.60. The van der Waals surface area contributed by atoms with E-state index in [9.17, 15) is 9.59 Å². The number of para-hydroxylation sites is 2. The predicted octanol–water partition coefficient (Wildman–Crippen LogP) is 4.84. The lowest BCUT2D eigenvalue weighted by atomic mass is 10.2. The topological polar surface area (TPSA) is 81.0 Å². The highest BCUT2D eigenvalue weighted by atomic mass is 32.2. The van der Waals surface area contributed by atoms with Crippen molar-refractivity contribution in [1.82, 2.24) is 19.5 Å². The van der Waals surface area contributed by atoms with E-state index in [2.05, 4.69) is 9.97 Å². The van der Waals surface area contributed by atoms with Crippen molar-refractivity contribution < 1.29 is 4.79 Å². The van der Waals surface area contributed by atoms with Gasteiger partial charge in [-0.3, -0.25) is 14.5 Å². The van der Waals surface area contributed by atoms with Crippen molar-refractivity contribution in [3.63, 3.8) is 0 Å².